The molecule has 0 aliphatic heterocycles. The van der Waals surface area contributed by atoms with Gasteiger partial charge in [0.25, 0.3) is 0 Å². The van der Waals surface area contributed by atoms with Crippen molar-refractivity contribution in [1.29, 1.82) is 5.26 Å². The molecule has 6 nitrogen and oxygen atoms in total. The van der Waals surface area contributed by atoms with Crippen LogP contribution in [0.1, 0.15) is 22.5 Å². The van der Waals surface area contributed by atoms with Gasteiger partial charge in [-0.3, -0.25) is 4.40 Å². The number of nitriles is 1. The first kappa shape index (κ1) is 18.7. The van der Waals surface area contributed by atoms with E-state index in [1.165, 1.54) is 0 Å². The Morgan fingerprint density at radius 1 is 1.07 bits per heavy atom. The molecule has 0 saturated carbocycles. The topological polar surface area (TPSA) is 71.8 Å². The van der Waals surface area contributed by atoms with Gasteiger partial charge in [0.05, 0.1) is 41.5 Å². The van der Waals surface area contributed by atoms with Crippen LogP contribution in [0.4, 0.5) is 0 Å². The molecule has 0 fully saturated rings. The summed E-state index contributed by atoms with van der Waals surface area (Å²) in [5, 5.41) is 19.7. The molecule has 0 N–H and O–H groups in total. The van der Waals surface area contributed by atoms with Crippen LogP contribution in [0.25, 0.3) is 16.2 Å². The molecule has 0 atom stereocenters. The van der Waals surface area contributed by atoms with E-state index < -0.39 is 0 Å². The minimum Gasteiger partial charge on any atom is -0.285 e. The Bertz CT molecular complexity index is 1360. The number of nitrogens with zero attached hydrogens (tertiary/aromatic N) is 6. The SMILES string of the molecule is N#Cc1ccc(Cc2cn(Cc3cnc4scc(-c5ccc(Br)cc5)n34)nn2)cc1. The molecular weight excluding hydrogens is 460 g/mol. The third kappa shape index (κ3) is 3.65. The lowest BCUT2D eigenvalue weighted by Gasteiger charge is -2.05. The zero-order valence-electron chi connectivity index (χ0n) is 15.7. The Kier molecular flexibility index (Phi) is 4.91. The first-order chi connectivity index (χ1) is 14.7. The van der Waals surface area contributed by atoms with Crippen LogP contribution in [-0.2, 0) is 13.0 Å². The van der Waals surface area contributed by atoms with E-state index in [4.69, 9.17) is 5.26 Å². The molecule has 0 spiro atoms. The monoisotopic (exact) mass is 474 g/mol. The molecule has 0 aliphatic rings. The Labute approximate surface area is 185 Å². The highest BCUT2D eigenvalue weighted by Crippen LogP contribution is 2.28. The summed E-state index contributed by atoms with van der Waals surface area (Å²) >= 11 is 5.12. The van der Waals surface area contributed by atoms with Gasteiger partial charge in [0, 0.05) is 22.5 Å². The third-order valence-electron chi connectivity index (χ3n) is 4.84. The quantitative estimate of drug-likeness (QED) is 0.362. The molecule has 146 valence electrons. The van der Waals surface area contributed by atoms with E-state index in [0.717, 1.165) is 37.6 Å². The van der Waals surface area contributed by atoms with Crippen LogP contribution in [0.2, 0.25) is 0 Å². The minimum atomic E-state index is 0.585. The van der Waals surface area contributed by atoms with Crippen LogP contribution < -0.4 is 0 Å². The highest BCUT2D eigenvalue weighted by atomic mass is 79.9. The summed E-state index contributed by atoms with van der Waals surface area (Å²) in [6.07, 6.45) is 4.54. The second kappa shape index (κ2) is 7.86. The van der Waals surface area contributed by atoms with Gasteiger partial charge in [-0.25, -0.2) is 9.67 Å². The fourth-order valence-electron chi connectivity index (χ4n) is 3.37. The first-order valence-corrected chi connectivity index (χ1v) is 10.9. The maximum Gasteiger partial charge on any atom is 0.194 e. The van der Waals surface area contributed by atoms with Gasteiger partial charge in [0.1, 0.15) is 0 Å². The molecule has 8 heteroatoms. The number of hydrogen-bond acceptors (Lipinski definition) is 5. The van der Waals surface area contributed by atoms with Crippen LogP contribution in [0, 0.1) is 11.3 Å². The maximum absolute atomic E-state index is 8.92. The number of halogens is 1. The predicted molar refractivity (Wildman–Crippen MR) is 119 cm³/mol. The Hall–Kier alpha value is -3.28. The van der Waals surface area contributed by atoms with Crippen molar-refractivity contribution >= 4 is 32.2 Å². The van der Waals surface area contributed by atoms with Crippen LogP contribution in [-0.4, -0.2) is 24.4 Å². The minimum absolute atomic E-state index is 0.585. The van der Waals surface area contributed by atoms with Crippen LogP contribution in [0.3, 0.4) is 0 Å². The van der Waals surface area contributed by atoms with E-state index in [1.807, 2.05) is 53.5 Å². The van der Waals surface area contributed by atoms with Crippen molar-refractivity contribution in [1.82, 2.24) is 24.4 Å². The second-order valence-corrected chi connectivity index (χ2v) is 8.64. The van der Waals surface area contributed by atoms with Crippen molar-refractivity contribution in [2.45, 2.75) is 13.0 Å². The number of thiazole rings is 1. The average molecular weight is 475 g/mol. The van der Waals surface area contributed by atoms with Crippen LogP contribution in [0.15, 0.2) is 70.8 Å². The van der Waals surface area contributed by atoms with E-state index >= 15 is 0 Å². The number of fused-ring (bicyclic) bond motifs is 1. The molecule has 0 unspecified atom stereocenters. The number of benzene rings is 2. The van der Waals surface area contributed by atoms with Crippen LogP contribution in [0.5, 0.6) is 0 Å². The van der Waals surface area contributed by atoms with Gasteiger partial charge in [0.15, 0.2) is 4.96 Å². The highest BCUT2D eigenvalue weighted by Gasteiger charge is 2.13. The molecule has 5 rings (SSSR count). The van der Waals surface area contributed by atoms with Gasteiger partial charge in [0.2, 0.25) is 0 Å². The largest absolute Gasteiger partial charge is 0.285 e. The second-order valence-electron chi connectivity index (χ2n) is 6.89. The molecule has 0 radical (unpaired) electrons. The molecule has 0 bridgehead atoms. The highest BCUT2D eigenvalue weighted by molar-refractivity contribution is 9.10. The summed E-state index contributed by atoms with van der Waals surface area (Å²) in [5.41, 5.74) is 5.96. The summed E-state index contributed by atoms with van der Waals surface area (Å²) in [5.74, 6) is 0. The molecule has 3 aromatic heterocycles. The van der Waals surface area contributed by atoms with E-state index in [2.05, 4.69) is 59.2 Å². The maximum atomic E-state index is 8.92. The fourth-order valence-corrected chi connectivity index (χ4v) is 4.53. The van der Waals surface area contributed by atoms with Gasteiger partial charge in [-0.1, -0.05) is 45.4 Å². The third-order valence-corrected chi connectivity index (χ3v) is 6.21. The van der Waals surface area contributed by atoms with Gasteiger partial charge < -0.3 is 0 Å². The van der Waals surface area contributed by atoms with Crippen LogP contribution >= 0.6 is 27.3 Å². The lowest BCUT2D eigenvalue weighted by molar-refractivity contribution is 0.636. The molecule has 5 aromatic rings. The first-order valence-electron chi connectivity index (χ1n) is 9.27. The van der Waals surface area contributed by atoms with Gasteiger partial charge >= 0.3 is 0 Å². The summed E-state index contributed by atoms with van der Waals surface area (Å²) in [6, 6.07) is 18.0. The van der Waals surface area contributed by atoms with E-state index in [-0.39, 0.29) is 0 Å². The smallest absolute Gasteiger partial charge is 0.194 e. The molecular formula is C22H15BrN6S. The van der Waals surface area contributed by atoms with Crippen molar-refractivity contribution in [3.05, 3.63) is 93.3 Å². The van der Waals surface area contributed by atoms with Crippen molar-refractivity contribution in [2.75, 3.05) is 0 Å². The molecule has 0 aliphatic carbocycles. The number of imidazole rings is 1. The van der Waals surface area contributed by atoms with Crippen molar-refractivity contribution in [3.8, 4) is 17.3 Å². The van der Waals surface area contributed by atoms with Gasteiger partial charge in [-0.05, 0) is 35.4 Å². The molecule has 0 amide bonds. The van der Waals surface area contributed by atoms with Gasteiger partial charge in [-0.15, -0.1) is 16.4 Å². The molecule has 30 heavy (non-hydrogen) atoms. The molecule has 0 saturated heterocycles. The normalized spacial score (nSPS) is 11.1. The summed E-state index contributed by atoms with van der Waals surface area (Å²) < 4.78 is 5.07. The van der Waals surface area contributed by atoms with E-state index in [9.17, 15) is 0 Å². The fraction of sp³-hybridized carbons (Fsp3) is 0.0909. The average Bonchev–Trinajstić information content (AvgIpc) is 3.48. The van der Waals surface area contributed by atoms with Crippen molar-refractivity contribution < 1.29 is 0 Å². The van der Waals surface area contributed by atoms with E-state index in [1.54, 1.807) is 11.3 Å². The predicted octanol–water partition coefficient (Wildman–Crippen LogP) is 4.93. The summed E-state index contributed by atoms with van der Waals surface area (Å²) in [6.45, 7) is 0.585. The number of rotatable bonds is 5. The van der Waals surface area contributed by atoms with E-state index in [0.29, 0.717) is 18.5 Å². The standard InChI is InChI=1S/C22H15BrN6S/c23-18-7-5-17(6-8-18)21-14-30-22-25-11-20(29(21)22)13-28-12-19(26-27-28)9-15-1-3-16(10-24)4-2-15/h1-8,11-12,14H,9,13H2. The van der Waals surface area contributed by atoms with Gasteiger partial charge in [-0.2, -0.15) is 5.26 Å². The summed E-state index contributed by atoms with van der Waals surface area (Å²) in [7, 11) is 0. The lowest BCUT2D eigenvalue weighted by Crippen LogP contribution is -2.03. The van der Waals surface area contributed by atoms with Crippen molar-refractivity contribution in [2.24, 2.45) is 0 Å². The lowest BCUT2D eigenvalue weighted by atomic mass is 10.1. The molecule has 2 aromatic carbocycles. The molecule has 3 heterocycles. The zero-order chi connectivity index (χ0) is 20.5. The van der Waals surface area contributed by atoms with Crippen molar-refractivity contribution in [3.63, 3.8) is 0 Å². The Balaban J connectivity index is 1.39. The number of hydrogen-bond donors (Lipinski definition) is 0. The number of aromatic nitrogens is 5. The Morgan fingerprint density at radius 2 is 1.87 bits per heavy atom. The Morgan fingerprint density at radius 3 is 2.63 bits per heavy atom. The zero-order valence-corrected chi connectivity index (χ0v) is 18.1. The summed E-state index contributed by atoms with van der Waals surface area (Å²) in [4.78, 5) is 5.51.